The fourth-order valence-corrected chi connectivity index (χ4v) is 1.82. The number of rotatable bonds is 8. The molecule has 0 radical (unpaired) electrons. The molecule has 0 aliphatic rings. The van der Waals surface area contributed by atoms with E-state index in [-0.39, 0.29) is 23.9 Å². The Kier molecular flexibility index (Phi) is 6.71. The summed E-state index contributed by atoms with van der Waals surface area (Å²) in [7, 11) is 0. The number of aromatic nitrogens is 2. The summed E-state index contributed by atoms with van der Waals surface area (Å²) in [5, 5.41) is 6.89. The molecule has 0 aliphatic carbocycles. The summed E-state index contributed by atoms with van der Waals surface area (Å²) in [5.74, 6) is -0.728. The van der Waals surface area contributed by atoms with Crippen molar-refractivity contribution in [3.63, 3.8) is 0 Å². The van der Waals surface area contributed by atoms with Gasteiger partial charge in [0.05, 0.1) is 12.3 Å². The molecule has 118 valence electrons. The third kappa shape index (κ3) is 4.77. The summed E-state index contributed by atoms with van der Waals surface area (Å²) in [6, 6.07) is -0.530. The molecule has 0 saturated heterocycles. The molecule has 0 saturated carbocycles. The van der Waals surface area contributed by atoms with E-state index in [0.717, 1.165) is 19.3 Å². The molecule has 1 unspecified atom stereocenters. The van der Waals surface area contributed by atoms with E-state index in [4.69, 9.17) is 10.5 Å². The minimum absolute atomic E-state index is 0.0440. The number of nitrogens with zero attached hydrogens (tertiary/aromatic N) is 2. The molecule has 21 heavy (non-hydrogen) atoms. The molecular formula is C14H24N4O3. The first-order valence-corrected chi connectivity index (χ1v) is 7.30. The number of amides is 1. The van der Waals surface area contributed by atoms with Gasteiger partial charge in [-0.2, -0.15) is 5.10 Å². The van der Waals surface area contributed by atoms with Gasteiger partial charge in [-0.05, 0) is 20.3 Å². The highest BCUT2D eigenvalue weighted by Crippen LogP contribution is 2.15. The summed E-state index contributed by atoms with van der Waals surface area (Å²) in [6.45, 7) is 6.40. The van der Waals surface area contributed by atoms with Crippen molar-refractivity contribution in [2.75, 3.05) is 18.9 Å². The highest BCUT2D eigenvalue weighted by molar-refractivity contribution is 5.92. The van der Waals surface area contributed by atoms with E-state index in [0.29, 0.717) is 6.54 Å². The maximum atomic E-state index is 12.0. The third-order valence-electron chi connectivity index (χ3n) is 3.08. The number of unbranched alkanes of at least 4 members (excludes halogenated alkanes) is 2. The van der Waals surface area contributed by atoms with Gasteiger partial charge in [0.15, 0.2) is 5.69 Å². The highest BCUT2D eigenvalue weighted by Gasteiger charge is 2.21. The van der Waals surface area contributed by atoms with Crippen LogP contribution in [-0.4, -0.2) is 34.8 Å². The van der Waals surface area contributed by atoms with Crippen molar-refractivity contribution < 1.29 is 14.3 Å². The predicted molar refractivity (Wildman–Crippen MR) is 79.8 cm³/mol. The maximum Gasteiger partial charge on any atom is 0.361 e. The van der Waals surface area contributed by atoms with Gasteiger partial charge in [-0.15, -0.1) is 0 Å². The number of esters is 1. The van der Waals surface area contributed by atoms with Crippen molar-refractivity contribution in [2.24, 2.45) is 0 Å². The number of carbonyl (C=O) groups excluding carboxylic acids is 2. The van der Waals surface area contributed by atoms with Gasteiger partial charge >= 0.3 is 5.97 Å². The van der Waals surface area contributed by atoms with Crippen LogP contribution in [0.15, 0.2) is 6.20 Å². The lowest BCUT2D eigenvalue weighted by Gasteiger charge is -2.12. The zero-order valence-corrected chi connectivity index (χ0v) is 12.9. The van der Waals surface area contributed by atoms with Gasteiger partial charge in [0, 0.05) is 12.7 Å². The average molecular weight is 296 g/mol. The first kappa shape index (κ1) is 17.0. The zero-order valence-electron chi connectivity index (χ0n) is 12.9. The monoisotopic (exact) mass is 296 g/mol. The van der Waals surface area contributed by atoms with Crippen LogP contribution in [0.4, 0.5) is 5.69 Å². The Balaban J connectivity index is 2.65. The minimum Gasteiger partial charge on any atom is -0.461 e. The second kappa shape index (κ2) is 8.28. The molecule has 3 N–H and O–H groups in total. The van der Waals surface area contributed by atoms with Crippen LogP contribution in [0.3, 0.4) is 0 Å². The normalized spacial score (nSPS) is 12.0. The standard InChI is InChI=1S/C14H24N4O3/c1-4-6-7-8-16-13(19)10(3)18-9-11(15)12(17-18)14(20)21-5-2/h9-10H,4-8,15H2,1-3H3,(H,16,19). The first-order chi connectivity index (χ1) is 10.0. The number of ether oxygens (including phenoxy) is 1. The quantitative estimate of drug-likeness (QED) is 0.559. The lowest BCUT2D eigenvalue weighted by Crippen LogP contribution is -2.32. The van der Waals surface area contributed by atoms with Gasteiger partial charge in [0.2, 0.25) is 5.91 Å². The van der Waals surface area contributed by atoms with E-state index in [9.17, 15) is 9.59 Å². The van der Waals surface area contributed by atoms with Crippen LogP contribution in [0, 0.1) is 0 Å². The van der Waals surface area contributed by atoms with Crippen LogP contribution in [0.25, 0.3) is 0 Å². The summed E-state index contributed by atoms with van der Waals surface area (Å²) < 4.78 is 6.24. The number of nitrogens with two attached hydrogens (primary N) is 1. The predicted octanol–water partition coefficient (Wildman–Crippen LogP) is 1.51. The second-order valence-corrected chi connectivity index (χ2v) is 4.81. The Bertz CT molecular complexity index is 485. The van der Waals surface area contributed by atoms with Crippen LogP contribution in [0.2, 0.25) is 0 Å². The number of hydrogen-bond acceptors (Lipinski definition) is 5. The van der Waals surface area contributed by atoms with Gasteiger partial charge in [-0.25, -0.2) is 4.79 Å². The molecule has 7 heteroatoms. The van der Waals surface area contributed by atoms with E-state index in [1.54, 1.807) is 13.8 Å². The van der Waals surface area contributed by atoms with Crippen LogP contribution >= 0.6 is 0 Å². The number of carbonyl (C=O) groups is 2. The molecule has 0 bridgehead atoms. The number of nitrogens with one attached hydrogen (secondary N) is 1. The van der Waals surface area contributed by atoms with Crippen LogP contribution in [0.1, 0.15) is 56.6 Å². The Morgan fingerprint density at radius 3 is 2.76 bits per heavy atom. The van der Waals surface area contributed by atoms with Crippen LogP contribution < -0.4 is 11.1 Å². The average Bonchev–Trinajstić information content (AvgIpc) is 2.85. The van der Waals surface area contributed by atoms with E-state index >= 15 is 0 Å². The molecule has 1 amide bonds. The molecule has 1 heterocycles. The molecule has 0 spiro atoms. The molecule has 1 aromatic rings. The summed E-state index contributed by atoms with van der Waals surface area (Å²) in [5.41, 5.74) is 5.99. The second-order valence-electron chi connectivity index (χ2n) is 4.81. The third-order valence-corrected chi connectivity index (χ3v) is 3.08. The molecule has 1 aromatic heterocycles. The Labute approximate surface area is 124 Å². The van der Waals surface area contributed by atoms with Gasteiger partial charge in [0.25, 0.3) is 0 Å². The summed E-state index contributed by atoms with van der Waals surface area (Å²) >= 11 is 0. The van der Waals surface area contributed by atoms with Gasteiger partial charge in [-0.3, -0.25) is 9.48 Å². The van der Waals surface area contributed by atoms with Crippen molar-refractivity contribution >= 4 is 17.6 Å². The number of anilines is 1. The van der Waals surface area contributed by atoms with E-state index in [1.165, 1.54) is 10.9 Å². The largest absolute Gasteiger partial charge is 0.461 e. The zero-order chi connectivity index (χ0) is 15.8. The molecular weight excluding hydrogens is 272 g/mol. The number of nitrogen functional groups attached to an aromatic ring is 1. The molecule has 7 nitrogen and oxygen atoms in total. The first-order valence-electron chi connectivity index (χ1n) is 7.30. The number of hydrogen-bond donors (Lipinski definition) is 2. The molecule has 1 atom stereocenters. The van der Waals surface area contributed by atoms with Crippen molar-refractivity contribution in [1.82, 2.24) is 15.1 Å². The van der Waals surface area contributed by atoms with E-state index in [2.05, 4.69) is 17.3 Å². The molecule has 0 aromatic carbocycles. The summed E-state index contributed by atoms with van der Waals surface area (Å²) in [6.07, 6.45) is 4.60. The van der Waals surface area contributed by atoms with Gasteiger partial charge in [0.1, 0.15) is 6.04 Å². The lowest BCUT2D eigenvalue weighted by molar-refractivity contribution is -0.124. The highest BCUT2D eigenvalue weighted by atomic mass is 16.5. The molecule has 0 aliphatic heterocycles. The van der Waals surface area contributed by atoms with Crippen LogP contribution in [0.5, 0.6) is 0 Å². The van der Waals surface area contributed by atoms with Crippen molar-refractivity contribution in [3.8, 4) is 0 Å². The Morgan fingerprint density at radius 1 is 1.43 bits per heavy atom. The maximum absolute atomic E-state index is 12.0. The van der Waals surface area contributed by atoms with Gasteiger partial charge < -0.3 is 15.8 Å². The molecule has 1 rings (SSSR count). The SMILES string of the molecule is CCCCCNC(=O)C(C)n1cc(N)c(C(=O)OCC)n1. The minimum atomic E-state index is -0.579. The van der Waals surface area contributed by atoms with Crippen molar-refractivity contribution in [2.45, 2.75) is 46.1 Å². The lowest BCUT2D eigenvalue weighted by atomic mass is 10.2. The smallest absolute Gasteiger partial charge is 0.361 e. The summed E-state index contributed by atoms with van der Waals surface area (Å²) in [4.78, 5) is 23.6. The fraction of sp³-hybridized carbons (Fsp3) is 0.643. The van der Waals surface area contributed by atoms with Crippen molar-refractivity contribution in [1.29, 1.82) is 0 Å². The Morgan fingerprint density at radius 2 is 2.14 bits per heavy atom. The van der Waals surface area contributed by atoms with Crippen molar-refractivity contribution in [3.05, 3.63) is 11.9 Å². The van der Waals surface area contributed by atoms with E-state index in [1.807, 2.05) is 0 Å². The van der Waals surface area contributed by atoms with Gasteiger partial charge in [-0.1, -0.05) is 19.8 Å². The topological polar surface area (TPSA) is 99.2 Å². The fourth-order valence-electron chi connectivity index (χ4n) is 1.82. The van der Waals surface area contributed by atoms with Crippen LogP contribution in [-0.2, 0) is 9.53 Å². The van der Waals surface area contributed by atoms with E-state index < -0.39 is 12.0 Å². The molecule has 0 fully saturated rings. The Hall–Kier alpha value is -2.05.